The van der Waals surface area contributed by atoms with E-state index in [0.717, 1.165) is 11.8 Å². The normalized spacial score (nSPS) is 34.8. The van der Waals surface area contributed by atoms with Gasteiger partial charge in [-0.05, 0) is 50.8 Å². The molecule has 0 saturated heterocycles. The van der Waals surface area contributed by atoms with Crippen LogP contribution >= 0.6 is 22.6 Å². The van der Waals surface area contributed by atoms with Gasteiger partial charge in [0, 0.05) is 0 Å². The van der Waals surface area contributed by atoms with Gasteiger partial charge in [-0.1, -0.05) is 19.9 Å². The van der Waals surface area contributed by atoms with Gasteiger partial charge in [0.15, 0.2) is 0 Å². The van der Waals surface area contributed by atoms with Gasteiger partial charge in [0.05, 0.1) is 0 Å². The molecule has 2 atom stereocenters. The third-order valence-corrected chi connectivity index (χ3v) is 3.41. The average Bonchev–Trinajstić information content (AvgIpc) is 2.12. The van der Waals surface area contributed by atoms with Crippen molar-refractivity contribution in [2.24, 2.45) is 11.8 Å². The molecule has 0 bridgehead atoms. The Hall–Kier alpha value is 0.470. The Balaban J connectivity index is 2.57. The standard InChI is InChI=1S/C8H13I/c1-3-7-6(2)4-5-8(7)9/h5-7H,3-4H2,1-2H3. The lowest BCUT2D eigenvalue weighted by atomic mass is 9.96. The van der Waals surface area contributed by atoms with E-state index in [1.54, 1.807) is 3.58 Å². The second-order valence-corrected chi connectivity index (χ2v) is 4.06. The van der Waals surface area contributed by atoms with E-state index in [2.05, 4.69) is 42.5 Å². The number of halogens is 1. The molecule has 1 rings (SSSR count). The number of hydrogen-bond donors (Lipinski definition) is 0. The zero-order valence-electron chi connectivity index (χ0n) is 6.02. The Bertz CT molecular complexity index is 127. The van der Waals surface area contributed by atoms with Crippen LogP contribution in [0.5, 0.6) is 0 Å². The second-order valence-electron chi connectivity index (χ2n) is 2.82. The Labute approximate surface area is 70.9 Å². The van der Waals surface area contributed by atoms with Gasteiger partial charge in [-0.15, -0.1) is 0 Å². The Kier molecular flexibility index (Phi) is 2.56. The average molecular weight is 236 g/mol. The highest BCUT2D eigenvalue weighted by Gasteiger charge is 2.22. The fourth-order valence-electron chi connectivity index (χ4n) is 1.48. The molecular weight excluding hydrogens is 223 g/mol. The molecule has 0 aromatic rings. The van der Waals surface area contributed by atoms with E-state index in [-0.39, 0.29) is 0 Å². The van der Waals surface area contributed by atoms with Gasteiger partial charge >= 0.3 is 0 Å². The van der Waals surface area contributed by atoms with Crippen molar-refractivity contribution >= 4 is 22.6 Å². The molecule has 0 aromatic heterocycles. The van der Waals surface area contributed by atoms with E-state index in [0.29, 0.717) is 0 Å². The van der Waals surface area contributed by atoms with Crippen LogP contribution in [0.4, 0.5) is 0 Å². The maximum atomic E-state index is 2.47. The molecule has 0 aliphatic heterocycles. The van der Waals surface area contributed by atoms with Crippen LogP contribution in [0.15, 0.2) is 9.66 Å². The molecule has 9 heavy (non-hydrogen) atoms. The third-order valence-electron chi connectivity index (χ3n) is 2.17. The van der Waals surface area contributed by atoms with Crippen LogP contribution in [0.2, 0.25) is 0 Å². The van der Waals surface area contributed by atoms with E-state index in [4.69, 9.17) is 0 Å². The Morgan fingerprint density at radius 3 is 2.67 bits per heavy atom. The third kappa shape index (κ3) is 1.48. The van der Waals surface area contributed by atoms with Crippen molar-refractivity contribution < 1.29 is 0 Å². The molecule has 0 fully saturated rings. The fourth-order valence-corrected chi connectivity index (χ4v) is 2.79. The van der Waals surface area contributed by atoms with Crippen LogP contribution in [-0.2, 0) is 0 Å². The van der Waals surface area contributed by atoms with Gasteiger partial charge in [-0.25, -0.2) is 0 Å². The highest BCUT2D eigenvalue weighted by atomic mass is 127. The first kappa shape index (κ1) is 7.58. The van der Waals surface area contributed by atoms with Gasteiger partial charge < -0.3 is 0 Å². The summed E-state index contributed by atoms with van der Waals surface area (Å²) in [5.41, 5.74) is 0. The minimum atomic E-state index is 0.880. The maximum Gasteiger partial charge on any atom is -0.00810 e. The summed E-state index contributed by atoms with van der Waals surface area (Å²) in [5.74, 6) is 1.78. The van der Waals surface area contributed by atoms with E-state index < -0.39 is 0 Å². The van der Waals surface area contributed by atoms with Crippen LogP contribution in [0.1, 0.15) is 26.7 Å². The van der Waals surface area contributed by atoms with Gasteiger partial charge in [0.25, 0.3) is 0 Å². The van der Waals surface area contributed by atoms with Crippen molar-refractivity contribution in [2.45, 2.75) is 26.7 Å². The molecule has 0 nitrogen and oxygen atoms in total. The molecule has 1 aliphatic rings. The van der Waals surface area contributed by atoms with Gasteiger partial charge in [-0.2, -0.15) is 0 Å². The first-order chi connectivity index (χ1) is 4.25. The number of rotatable bonds is 1. The largest absolute Gasteiger partial charge is 0.0746 e. The summed E-state index contributed by atoms with van der Waals surface area (Å²) in [4.78, 5) is 0. The van der Waals surface area contributed by atoms with Crippen molar-refractivity contribution in [1.29, 1.82) is 0 Å². The predicted octanol–water partition coefficient (Wildman–Crippen LogP) is 3.37. The van der Waals surface area contributed by atoms with Gasteiger partial charge in [0.1, 0.15) is 0 Å². The lowest BCUT2D eigenvalue weighted by molar-refractivity contribution is 0.448. The molecule has 1 aliphatic carbocycles. The van der Waals surface area contributed by atoms with Gasteiger partial charge in [-0.3, -0.25) is 0 Å². The van der Waals surface area contributed by atoms with Crippen LogP contribution in [0.3, 0.4) is 0 Å². The molecule has 0 radical (unpaired) electrons. The van der Waals surface area contributed by atoms with Gasteiger partial charge in [0.2, 0.25) is 0 Å². The first-order valence-electron chi connectivity index (χ1n) is 3.61. The highest BCUT2D eigenvalue weighted by molar-refractivity contribution is 14.1. The van der Waals surface area contributed by atoms with Crippen LogP contribution in [0.25, 0.3) is 0 Å². The van der Waals surface area contributed by atoms with E-state index in [9.17, 15) is 0 Å². The quantitative estimate of drug-likeness (QED) is 0.612. The van der Waals surface area contributed by atoms with Crippen molar-refractivity contribution in [3.05, 3.63) is 9.66 Å². The molecule has 1 heteroatoms. The van der Waals surface area contributed by atoms with Crippen molar-refractivity contribution in [3.8, 4) is 0 Å². The van der Waals surface area contributed by atoms with Crippen molar-refractivity contribution in [2.75, 3.05) is 0 Å². The maximum absolute atomic E-state index is 2.47. The molecule has 0 amide bonds. The fraction of sp³-hybridized carbons (Fsp3) is 0.750. The second kappa shape index (κ2) is 3.04. The summed E-state index contributed by atoms with van der Waals surface area (Å²) in [6.07, 6.45) is 4.99. The van der Waals surface area contributed by atoms with Crippen molar-refractivity contribution in [1.82, 2.24) is 0 Å². The molecular formula is C8H13I. The summed E-state index contributed by atoms with van der Waals surface area (Å²) in [7, 11) is 0. The zero-order valence-corrected chi connectivity index (χ0v) is 8.18. The Morgan fingerprint density at radius 2 is 2.44 bits per heavy atom. The number of hydrogen-bond acceptors (Lipinski definition) is 0. The lowest BCUT2D eigenvalue weighted by Crippen LogP contribution is -2.03. The van der Waals surface area contributed by atoms with Crippen molar-refractivity contribution in [3.63, 3.8) is 0 Å². The van der Waals surface area contributed by atoms with Crippen LogP contribution in [-0.4, -0.2) is 0 Å². The van der Waals surface area contributed by atoms with Crippen LogP contribution in [0, 0.1) is 11.8 Å². The molecule has 2 unspecified atom stereocenters. The minimum Gasteiger partial charge on any atom is -0.0746 e. The topological polar surface area (TPSA) is 0 Å². The molecule has 0 N–H and O–H groups in total. The van der Waals surface area contributed by atoms with Crippen LogP contribution < -0.4 is 0 Å². The first-order valence-corrected chi connectivity index (χ1v) is 4.69. The predicted molar refractivity (Wildman–Crippen MR) is 49.7 cm³/mol. The molecule has 0 spiro atoms. The summed E-state index contributed by atoms with van der Waals surface area (Å²) in [6, 6.07) is 0. The van der Waals surface area contributed by atoms with E-state index >= 15 is 0 Å². The SMILES string of the molecule is CCC1C(I)=CCC1C. The molecule has 0 saturated carbocycles. The lowest BCUT2D eigenvalue weighted by Gasteiger charge is -2.13. The minimum absolute atomic E-state index is 0.880. The Morgan fingerprint density at radius 1 is 1.78 bits per heavy atom. The van der Waals surface area contributed by atoms with E-state index in [1.165, 1.54) is 12.8 Å². The summed E-state index contributed by atoms with van der Waals surface area (Å²) in [6.45, 7) is 4.62. The molecule has 0 aromatic carbocycles. The summed E-state index contributed by atoms with van der Waals surface area (Å²) < 4.78 is 1.59. The summed E-state index contributed by atoms with van der Waals surface area (Å²) in [5, 5.41) is 0. The monoisotopic (exact) mass is 236 g/mol. The summed E-state index contributed by atoms with van der Waals surface area (Å²) >= 11 is 2.47. The molecule has 0 heterocycles. The van der Waals surface area contributed by atoms with E-state index in [1.807, 2.05) is 0 Å². The smallest absolute Gasteiger partial charge is 0.00810 e. The zero-order chi connectivity index (χ0) is 6.85. The highest BCUT2D eigenvalue weighted by Crippen LogP contribution is 2.37. The number of allylic oxidation sites excluding steroid dienone is 2. The molecule has 52 valence electrons.